The molecular formula is C13H17FN2O3. The Kier molecular flexibility index (Phi) is 4.34. The van der Waals surface area contributed by atoms with Gasteiger partial charge in [0.25, 0.3) is 0 Å². The Bertz CT molecular complexity index is 467. The van der Waals surface area contributed by atoms with Gasteiger partial charge in [-0.05, 0) is 30.7 Å². The number of rotatable bonds is 1. The number of nitrogens with zero attached hydrogens (tertiary/aromatic N) is 1. The Hall–Kier alpha value is -1.66. The molecule has 1 aromatic carbocycles. The topological polar surface area (TPSA) is 61.8 Å². The van der Waals surface area contributed by atoms with Crippen molar-refractivity contribution in [2.45, 2.75) is 13.0 Å². The molecule has 2 amide bonds. The van der Waals surface area contributed by atoms with Crippen molar-refractivity contribution in [2.24, 2.45) is 0 Å². The molecule has 1 aliphatic rings. The van der Waals surface area contributed by atoms with Gasteiger partial charge in [-0.15, -0.1) is 0 Å². The fraction of sp³-hybridized carbons (Fsp3) is 0.462. The van der Waals surface area contributed by atoms with E-state index < -0.39 is 6.10 Å². The summed E-state index contributed by atoms with van der Waals surface area (Å²) in [6.45, 7) is 2.91. The number of urea groups is 1. The van der Waals surface area contributed by atoms with Crippen LogP contribution in [0.25, 0.3) is 0 Å². The minimum Gasteiger partial charge on any atom is -0.389 e. The molecule has 6 heteroatoms. The van der Waals surface area contributed by atoms with Crippen LogP contribution in [0.5, 0.6) is 0 Å². The number of anilines is 1. The fourth-order valence-electron chi connectivity index (χ4n) is 1.90. The zero-order chi connectivity index (χ0) is 13.8. The summed E-state index contributed by atoms with van der Waals surface area (Å²) in [5.41, 5.74) is 1.00. The van der Waals surface area contributed by atoms with E-state index >= 15 is 0 Å². The van der Waals surface area contributed by atoms with Crippen LogP contribution in [-0.4, -0.2) is 48.4 Å². The largest absolute Gasteiger partial charge is 0.389 e. The Morgan fingerprint density at radius 2 is 2.37 bits per heavy atom. The molecule has 0 bridgehead atoms. The molecule has 1 atom stereocenters. The lowest BCUT2D eigenvalue weighted by molar-refractivity contribution is 0.0575. The lowest BCUT2D eigenvalue weighted by Crippen LogP contribution is -2.40. The maximum Gasteiger partial charge on any atom is 0.322 e. The van der Waals surface area contributed by atoms with E-state index in [4.69, 9.17) is 4.74 Å². The smallest absolute Gasteiger partial charge is 0.322 e. The highest BCUT2D eigenvalue weighted by Gasteiger charge is 2.20. The molecule has 1 fully saturated rings. The molecule has 0 aromatic heterocycles. The average Bonchev–Trinajstić information content (AvgIpc) is 2.58. The van der Waals surface area contributed by atoms with Gasteiger partial charge >= 0.3 is 6.03 Å². The predicted octanol–water partition coefficient (Wildman–Crippen LogP) is 1.36. The Morgan fingerprint density at radius 3 is 3.11 bits per heavy atom. The van der Waals surface area contributed by atoms with Crippen LogP contribution in [0.15, 0.2) is 18.2 Å². The van der Waals surface area contributed by atoms with Crippen molar-refractivity contribution in [2.75, 3.05) is 31.6 Å². The van der Waals surface area contributed by atoms with Crippen molar-refractivity contribution in [3.8, 4) is 0 Å². The van der Waals surface area contributed by atoms with Crippen LogP contribution in [0.4, 0.5) is 14.9 Å². The van der Waals surface area contributed by atoms with Gasteiger partial charge in [0.1, 0.15) is 5.82 Å². The van der Waals surface area contributed by atoms with Crippen molar-refractivity contribution in [1.82, 2.24) is 4.90 Å². The third kappa shape index (κ3) is 3.65. The second kappa shape index (κ2) is 5.99. The molecule has 2 N–H and O–H groups in total. The number of aliphatic hydroxyl groups excluding tert-OH is 1. The van der Waals surface area contributed by atoms with E-state index in [0.717, 1.165) is 0 Å². The molecule has 1 aromatic rings. The zero-order valence-electron chi connectivity index (χ0n) is 10.7. The molecule has 0 spiro atoms. The summed E-state index contributed by atoms with van der Waals surface area (Å²) in [4.78, 5) is 13.5. The number of benzene rings is 1. The van der Waals surface area contributed by atoms with Crippen LogP contribution in [0.1, 0.15) is 5.56 Å². The number of amides is 2. The van der Waals surface area contributed by atoms with Gasteiger partial charge in [0.05, 0.1) is 25.9 Å². The number of halogens is 1. The van der Waals surface area contributed by atoms with Gasteiger partial charge in [-0.1, -0.05) is 0 Å². The number of aliphatic hydroxyl groups is 1. The summed E-state index contributed by atoms with van der Waals surface area (Å²) in [6, 6.07) is 4.06. The van der Waals surface area contributed by atoms with Crippen LogP contribution in [0.2, 0.25) is 0 Å². The first-order valence-corrected chi connectivity index (χ1v) is 6.14. The number of carbonyl (C=O) groups is 1. The fourth-order valence-corrected chi connectivity index (χ4v) is 1.90. The Labute approximate surface area is 111 Å². The highest BCUT2D eigenvalue weighted by molar-refractivity contribution is 5.89. The SMILES string of the molecule is Cc1cc(NC(=O)N2CCOCC(O)C2)ccc1F. The number of aryl methyl sites for hydroxylation is 1. The first kappa shape index (κ1) is 13.8. The van der Waals surface area contributed by atoms with E-state index in [2.05, 4.69) is 5.32 Å². The van der Waals surface area contributed by atoms with Crippen LogP contribution in [0.3, 0.4) is 0 Å². The average molecular weight is 268 g/mol. The number of carbonyl (C=O) groups excluding carboxylic acids is 1. The summed E-state index contributed by atoms with van der Waals surface area (Å²) >= 11 is 0. The number of hydrogen-bond donors (Lipinski definition) is 2. The molecule has 0 radical (unpaired) electrons. The summed E-state index contributed by atoms with van der Waals surface area (Å²) in [7, 11) is 0. The standard InChI is InChI=1S/C13H17FN2O3/c1-9-6-10(2-3-12(9)14)15-13(18)16-4-5-19-8-11(17)7-16/h2-3,6,11,17H,4-5,7-8H2,1H3,(H,15,18). The highest BCUT2D eigenvalue weighted by atomic mass is 19.1. The molecule has 104 valence electrons. The number of ether oxygens (including phenoxy) is 1. The molecular weight excluding hydrogens is 251 g/mol. The van der Waals surface area contributed by atoms with Gasteiger partial charge < -0.3 is 20.1 Å². The normalized spacial score (nSPS) is 19.9. The Morgan fingerprint density at radius 1 is 1.58 bits per heavy atom. The Balaban J connectivity index is 2.01. The first-order valence-electron chi connectivity index (χ1n) is 6.14. The van der Waals surface area contributed by atoms with Crippen LogP contribution in [-0.2, 0) is 4.74 Å². The minimum absolute atomic E-state index is 0.228. The van der Waals surface area contributed by atoms with E-state index in [-0.39, 0.29) is 25.0 Å². The summed E-state index contributed by atoms with van der Waals surface area (Å²) in [5, 5.41) is 12.2. The quantitative estimate of drug-likeness (QED) is 0.808. The van der Waals surface area contributed by atoms with Gasteiger partial charge in [0.2, 0.25) is 0 Å². The molecule has 5 nitrogen and oxygen atoms in total. The van der Waals surface area contributed by atoms with E-state index in [0.29, 0.717) is 24.4 Å². The summed E-state index contributed by atoms with van der Waals surface area (Å²) in [6.07, 6.45) is -0.678. The molecule has 1 unspecified atom stereocenters. The molecule has 1 heterocycles. The van der Waals surface area contributed by atoms with Crippen molar-refractivity contribution in [1.29, 1.82) is 0 Å². The van der Waals surface area contributed by atoms with Crippen molar-refractivity contribution >= 4 is 11.7 Å². The summed E-state index contributed by atoms with van der Waals surface area (Å²) < 4.78 is 18.3. The molecule has 19 heavy (non-hydrogen) atoms. The monoisotopic (exact) mass is 268 g/mol. The van der Waals surface area contributed by atoms with Gasteiger partial charge in [-0.2, -0.15) is 0 Å². The molecule has 2 rings (SSSR count). The zero-order valence-corrected chi connectivity index (χ0v) is 10.7. The number of β-amino-alcohol motifs (C(OH)–C–C–N with tert-alkyl or cyclic N) is 1. The second-order valence-electron chi connectivity index (χ2n) is 4.57. The van der Waals surface area contributed by atoms with Gasteiger partial charge in [0.15, 0.2) is 0 Å². The predicted molar refractivity (Wildman–Crippen MR) is 68.6 cm³/mol. The second-order valence-corrected chi connectivity index (χ2v) is 4.57. The third-order valence-corrected chi connectivity index (χ3v) is 2.94. The number of nitrogens with one attached hydrogen (secondary N) is 1. The highest BCUT2D eigenvalue weighted by Crippen LogP contribution is 2.14. The first-order chi connectivity index (χ1) is 9.06. The van der Waals surface area contributed by atoms with E-state index in [1.807, 2.05) is 0 Å². The van der Waals surface area contributed by atoms with Gasteiger partial charge in [-0.3, -0.25) is 0 Å². The molecule has 0 saturated carbocycles. The van der Waals surface area contributed by atoms with Gasteiger partial charge in [0, 0.05) is 12.2 Å². The van der Waals surface area contributed by atoms with Crippen LogP contribution in [0, 0.1) is 12.7 Å². The molecule has 1 saturated heterocycles. The maximum atomic E-state index is 13.1. The van der Waals surface area contributed by atoms with E-state index in [9.17, 15) is 14.3 Å². The van der Waals surface area contributed by atoms with Crippen molar-refractivity contribution in [3.63, 3.8) is 0 Å². The van der Waals surface area contributed by atoms with Crippen molar-refractivity contribution in [3.05, 3.63) is 29.6 Å². The molecule has 0 aliphatic carbocycles. The van der Waals surface area contributed by atoms with Crippen molar-refractivity contribution < 1.29 is 19.0 Å². The lowest BCUT2D eigenvalue weighted by Gasteiger charge is -2.21. The minimum atomic E-state index is -0.678. The maximum absolute atomic E-state index is 13.1. The lowest BCUT2D eigenvalue weighted by atomic mass is 10.2. The summed E-state index contributed by atoms with van der Waals surface area (Å²) in [5.74, 6) is -0.309. The molecule has 1 aliphatic heterocycles. The van der Waals surface area contributed by atoms with E-state index in [1.165, 1.54) is 17.0 Å². The number of hydrogen-bond acceptors (Lipinski definition) is 3. The van der Waals surface area contributed by atoms with Crippen LogP contribution >= 0.6 is 0 Å². The van der Waals surface area contributed by atoms with E-state index in [1.54, 1.807) is 13.0 Å². The van der Waals surface area contributed by atoms with Gasteiger partial charge in [-0.25, -0.2) is 9.18 Å². The third-order valence-electron chi connectivity index (χ3n) is 2.94. The van der Waals surface area contributed by atoms with Crippen LogP contribution < -0.4 is 5.32 Å².